The Bertz CT molecular complexity index is 1060. The summed E-state index contributed by atoms with van der Waals surface area (Å²) in [5.74, 6) is -0.793. The molecule has 5 N–H and O–H groups in total. The number of halogens is 1. The number of rotatable bonds is 4. The van der Waals surface area contributed by atoms with E-state index in [1.165, 1.54) is 25.3 Å². The molecule has 8 heteroatoms. The lowest BCUT2D eigenvalue weighted by Crippen LogP contribution is -2.24. The molecule has 2 heterocycles. The van der Waals surface area contributed by atoms with Gasteiger partial charge in [0.15, 0.2) is 12.0 Å². The van der Waals surface area contributed by atoms with Gasteiger partial charge in [-0.1, -0.05) is 42.5 Å². The van der Waals surface area contributed by atoms with Crippen LogP contribution in [-0.4, -0.2) is 34.1 Å². The second kappa shape index (κ2) is 10.3. The minimum atomic E-state index is -0.637. The second-order valence-corrected chi connectivity index (χ2v) is 7.34. The minimum absolute atomic E-state index is 0.0722. The Morgan fingerprint density at radius 1 is 1.13 bits per heavy atom. The van der Waals surface area contributed by atoms with Crippen molar-refractivity contribution in [1.29, 1.82) is 5.26 Å². The van der Waals surface area contributed by atoms with Crippen molar-refractivity contribution in [2.75, 3.05) is 18.8 Å². The van der Waals surface area contributed by atoms with Crippen molar-refractivity contribution in [2.24, 2.45) is 5.73 Å². The minimum Gasteiger partial charge on any atom is -0.382 e. The summed E-state index contributed by atoms with van der Waals surface area (Å²) in [4.78, 5) is 13.3. The number of nitrogen functional groups attached to an aromatic ring is 1. The summed E-state index contributed by atoms with van der Waals surface area (Å²) in [5.41, 5.74) is 13.9. The summed E-state index contributed by atoms with van der Waals surface area (Å²) in [6.45, 7) is 1.97. The Kier molecular flexibility index (Phi) is 7.22. The van der Waals surface area contributed by atoms with Crippen LogP contribution in [0, 0.1) is 17.3 Å². The number of piperidine rings is 1. The third kappa shape index (κ3) is 5.60. The van der Waals surface area contributed by atoms with E-state index < -0.39 is 5.91 Å². The maximum absolute atomic E-state index is 13.7. The number of carbonyl (C=O) groups is 1. The van der Waals surface area contributed by atoms with Crippen molar-refractivity contribution in [3.8, 4) is 17.5 Å². The second-order valence-electron chi connectivity index (χ2n) is 7.34. The average Bonchev–Trinajstić information content (AvgIpc) is 3.18. The van der Waals surface area contributed by atoms with E-state index in [0.717, 1.165) is 24.2 Å². The molecule has 1 saturated heterocycles. The average molecular weight is 420 g/mol. The van der Waals surface area contributed by atoms with Gasteiger partial charge in [0, 0.05) is 25.1 Å². The number of H-pyrrole nitrogens is 1. The van der Waals surface area contributed by atoms with E-state index in [-0.39, 0.29) is 17.2 Å². The molecule has 1 aliphatic heterocycles. The highest BCUT2D eigenvalue weighted by molar-refractivity contribution is 6.03. The first-order chi connectivity index (χ1) is 15.0. The van der Waals surface area contributed by atoms with Crippen molar-refractivity contribution in [3.63, 3.8) is 0 Å². The Hall–Kier alpha value is -3.86. The molecule has 0 bridgehead atoms. The first-order valence-electron chi connectivity index (χ1n) is 10.1. The van der Waals surface area contributed by atoms with Crippen LogP contribution in [0.3, 0.4) is 0 Å². The third-order valence-electron chi connectivity index (χ3n) is 5.13. The predicted octanol–water partition coefficient (Wildman–Crippen LogP) is 3.44. The zero-order chi connectivity index (χ0) is 22.2. The van der Waals surface area contributed by atoms with Crippen LogP contribution in [0.15, 0.2) is 48.5 Å². The van der Waals surface area contributed by atoms with E-state index in [9.17, 15) is 9.18 Å². The topological polar surface area (TPSA) is 125 Å². The molecule has 0 aliphatic carbocycles. The number of benzene rings is 2. The van der Waals surface area contributed by atoms with Gasteiger partial charge in [0.2, 0.25) is 0 Å². The summed E-state index contributed by atoms with van der Waals surface area (Å²) < 4.78 is 13.7. The van der Waals surface area contributed by atoms with E-state index in [4.69, 9.17) is 16.7 Å². The van der Waals surface area contributed by atoms with Gasteiger partial charge in [-0.3, -0.25) is 9.89 Å². The molecule has 0 atom stereocenters. The number of nitriles is 1. The highest BCUT2D eigenvalue weighted by Gasteiger charge is 2.17. The molecule has 0 spiro atoms. The van der Waals surface area contributed by atoms with Crippen molar-refractivity contribution in [2.45, 2.75) is 25.7 Å². The fourth-order valence-corrected chi connectivity index (χ4v) is 3.46. The number of aromatic amines is 1. The SMILES string of the molecule is N#CN1CCCCC1.NC(=O)c1c(N)n[nH]c1-c1ccc(Cc2ccccc2F)cc1. The molecule has 1 aromatic heterocycles. The fourth-order valence-electron chi connectivity index (χ4n) is 3.46. The number of amides is 1. The Balaban J connectivity index is 0.000000287. The molecule has 1 amide bonds. The molecule has 3 aromatic rings. The molecule has 0 saturated carbocycles. The van der Waals surface area contributed by atoms with Crippen molar-refractivity contribution in [1.82, 2.24) is 15.1 Å². The van der Waals surface area contributed by atoms with E-state index >= 15 is 0 Å². The number of anilines is 1. The number of hydrogen-bond donors (Lipinski definition) is 3. The number of primary amides is 1. The quantitative estimate of drug-likeness (QED) is 0.558. The smallest absolute Gasteiger partial charge is 0.254 e. The maximum Gasteiger partial charge on any atom is 0.254 e. The standard InChI is InChI=1S/C17H15FN4O.C6H10N2/c18-13-4-2-1-3-12(13)9-10-5-7-11(8-6-10)15-14(17(20)23)16(19)22-21-15;7-6-8-4-2-1-3-5-8/h1-8H,9H2,(H2,20,23)(H3,19,21,22);1-5H2. The molecule has 2 aromatic carbocycles. The normalized spacial score (nSPS) is 13.1. The number of nitrogens with two attached hydrogens (primary N) is 2. The highest BCUT2D eigenvalue weighted by atomic mass is 19.1. The van der Waals surface area contributed by atoms with Crippen LogP contribution in [0.5, 0.6) is 0 Å². The molecule has 31 heavy (non-hydrogen) atoms. The van der Waals surface area contributed by atoms with Gasteiger partial charge in [-0.25, -0.2) is 4.39 Å². The number of nitrogens with zero attached hydrogens (tertiary/aromatic N) is 3. The number of nitrogens with one attached hydrogen (secondary N) is 1. The molecule has 1 aliphatic rings. The molecule has 1 fully saturated rings. The lowest BCUT2D eigenvalue weighted by atomic mass is 10.0. The van der Waals surface area contributed by atoms with Crippen molar-refractivity contribution in [3.05, 3.63) is 71.0 Å². The van der Waals surface area contributed by atoms with Gasteiger partial charge in [-0.2, -0.15) is 10.4 Å². The Morgan fingerprint density at radius 3 is 2.39 bits per heavy atom. The number of aromatic nitrogens is 2. The van der Waals surface area contributed by atoms with E-state index in [2.05, 4.69) is 16.4 Å². The first kappa shape index (κ1) is 21.8. The van der Waals surface area contributed by atoms with E-state index in [1.54, 1.807) is 18.2 Å². The number of hydrogen-bond acceptors (Lipinski definition) is 5. The molecule has 7 nitrogen and oxygen atoms in total. The maximum atomic E-state index is 13.7. The van der Waals surface area contributed by atoms with Crippen LogP contribution in [0.2, 0.25) is 0 Å². The highest BCUT2D eigenvalue weighted by Crippen LogP contribution is 2.25. The molecule has 0 unspecified atom stereocenters. The van der Waals surface area contributed by atoms with Crippen LogP contribution < -0.4 is 11.5 Å². The van der Waals surface area contributed by atoms with Crippen molar-refractivity contribution >= 4 is 11.7 Å². The molecule has 0 radical (unpaired) electrons. The number of likely N-dealkylation sites (tertiary alicyclic amines) is 1. The van der Waals surface area contributed by atoms with Crippen LogP contribution >= 0.6 is 0 Å². The van der Waals surface area contributed by atoms with Gasteiger partial charge < -0.3 is 16.4 Å². The Labute approximate surface area is 180 Å². The number of carbonyl (C=O) groups excluding carboxylic acids is 1. The van der Waals surface area contributed by atoms with Crippen molar-refractivity contribution < 1.29 is 9.18 Å². The predicted molar refractivity (Wildman–Crippen MR) is 117 cm³/mol. The van der Waals surface area contributed by atoms with Gasteiger partial charge in [0.25, 0.3) is 5.91 Å². The van der Waals surface area contributed by atoms with Crippen LogP contribution in [0.25, 0.3) is 11.3 Å². The van der Waals surface area contributed by atoms with Gasteiger partial charge in [-0.15, -0.1) is 0 Å². The molecule has 4 rings (SSSR count). The zero-order valence-electron chi connectivity index (χ0n) is 17.1. The Morgan fingerprint density at radius 2 is 1.81 bits per heavy atom. The van der Waals surface area contributed by atoms with Crippen LogP contribution in [0.4, 0.5) is 10.2 Å². The van der Waals surface area contributed by atoms with Gasteiger partial charge >= 0.3 is 0 Å². The van der Waals surface area contributed by atoms with Crippen LogP contribution in [0.1, 0.15) is 40.7 Å². The van der Waals surface area contributed by atoms with Gasteiger partial charge in [0.05, 0.1) is 5.69 Å². The van der Waals surface area contributed by atoms with Gasteiger partial charge in [0.1, 0.15) is 11.4 Å². The monoisotopic (exact) mass is 420 g/mol. The molecular weight excluding hydrogens is 395 g/mol. The lowest BCUT2D eigenvalue weighted by molar-refractivity contribution is 0.100. The van der Waals surface area contributed by atoms with E-state index in [0.29, 0.717) is 17.7 Å². The summed E-state index contributed by atoms with van der Waals surface area (Å²) in [5, 5.41) is 14.9. The summed E-state index contributed by atoms with van der Waals surface area (Å²) >= 11 is 0. The van der Waals surface area contributed by atoms with E-state index in [1.807, 2.05) is 29.2 Å². The molecule has 160 valence electrons. The largest absolute Gasteiger partial charge is 0.382 e. The van der Waals surface area contributed by atoms with Gasteiger partial charge in [-0.05, 0) is 36.5 Å². The zero-order valence-corrected chi connectivity index (χ0v) is 17.1. The lowest BCUT2D eigenvalue weighted by Gasteiger charge is -2.19. The summed E-state index contributed by atoms with van der Waals surface area (Å²) in [7, 11) is 0. The summed E-state index contributed by atoms with van der Waals surface area (Å²) in [6, 6.07) is 14.0. The summed E-state index contributed by atoms with van der Waals surface area (Å²) in [6.07, 6.45) is 6.33. The fraction of sp³-hybridized carbons (Fsp3) is 0.261. The first-order valence-corrected chi connectivity index (χ1v) is 10.1. The third-order valence-corrected chi connectivity index (χ3v) is 5.13. The molecular formula is C23H25FN6O. The van der Waals surface area contributed by atoms with Crippen LogP contribution in [-0.2, 0) is 6.42 Å².